The molecule has 6 rings (SSSR count). The Hall–Kier alpha value is -8.03. The lowest BCUT2D eigenvalue weighted by atomic mass is 10.1. The summed E-state index contributed by atoms with van der Waals surface area (Å²) in [5.74, 6) is -4.15. The number of aliphatic imine (C=N–C) groups is 1. The van der Waals surface area contributed by atoms with E-state index in [4.69, 9.17) is 9.98 Å². The molecule has 64 heavy (non-hydrogen) atoms. The van der Waals surface area contributed by atoms with Crippen LogP contribution in [0.4, 0.5) is 22.7 Å². The molecule has 5 aromatic carbocycles. The first-order valence-corrected chi connectivity index (χ1v) is 22.2. The number of nitrogens with zero attached hydrogens (tertiary/aromatic N) is 4. The maximum atomic E-state index is 15.0. The molecular formula is C45H40N8O9S2. The average molecular weight is 901 g/mol. The zero-order chi connectivity index (χ0) is 46.2. The Kier molecular flexibility index (Phi) is 13.8. The number of carbonyl (C=O) groups excluding carboxylic acids is 4. The predicted molar refractivity (Wildman–Crippen MR) is 245 cm³/mol. The smallest absolute Gasteiger partial charge is 0.278 e. The first kappa shape index (κ1) is 45.5. The highest BCUT2D eigenvalue weighted by Crippen LogP contribution is 2.32. The molecule has 0 saturated heterocycles. The van der Waals surface area contributed by atoms with Crippen molar-refractivity contribution in [2.75, 3.05) is 29.6 Å². The third-order valence-corrected chi connectivity index (χ3v) is 12.0. The Morgan fingerprint density at radius 2 is 1.45 bits per heavy atom. The minimum absolute atomic E-state index is 0.0208. The number of nitrogens with one attached hydrogen (secondary N) is 4. The molecule has 0 unspecified atom stereocenters. The molecular weight excluding hydrogens is 861 g/mol. The van der Waals surface area contributed by atoms with Crippen LogP contribution in [-0.2, 0) is 34.4 Å². The summed E-state index contributed by atoms with van der Waals surface area (Å²) in [7, 11) is -5.99. The number of para-hydroxylation sites is 1. The van der Waals surface area contributed by atoms with E-state index in [1.807, 2.05) is 4.72 Å². The molecule has 1 heterocycles. The molecule has 19 heteroatoms. The lowest BCUT2D eigenvalue weighted by Gasteiger charge is -2.18. The highest BCUT2D eigenvalue weighted by Gasteiger charge is 2.29. The van der Waals surface area contributed by atoms with Gasteiger partial charge in [0.2, 0.25) is 5.91 Å². The summed E-state index contributed by atoms with van der Waals surface area (Å²) in [5.41, 5.74) is -0.137. The molecule has 17 nitrogen and oxygen atoms in total. The minimum Gasteiger partial charge on any atom is -0.378 e. The van der Waals surface area contributed by atoms with Gasteiger partial charge in [0.05, 0.1) is 32.9 Å². The Balaban J connectivity index is 1.64. The summed E-state index contributed by atoms with van der Waals surface area (Å²) in [6, 6.07) is 30.6. The van der Waals surface area contributed by atoms with E-state index in [0.717, 1.165) is 22.8 Å². The van der Waals surface area contributed by atoms with Crippen LogP contribution in [0.3, 0.4) is 0 Å². The van der Waals surface area contributed by atoms with Crippen LogP contribution in [0.15, 0.2) is 154 Å². The second-order valence-corrected chi connectivity index (χ2v) is 17.2. The number of fused-ring (bicyclic) bond motifs is 1. The van der Waals surface area contributed by atoms with Gasteiger partial charge in [-0.1, -0.05) is 74.2 Å². The average Bonchev–Trinajstić information content (AvgIpc) is 3.28. The van der Waals surface area contributed by atoms with Crippen molar-refractivity contribution in [1.82, 2.24) is 19.0 Å². The highest BCUT2D eigenvalue weighted by molar-refractivity contribution is 7.90. The lowest BCUT2D eigenvalue weighted by molar-refractivity contribution is -0.119. The van der Waals surface area contributed by atoms with Gasteiger partial charge in [0.1, 0.15) is 4.90 Å². The molecule has 0 saturated carbocycles. The quantitative estimate of drug-likeness (QED) is 0.0762. The largest absolute Gasteiger partial charge is 0.378 e. The first-order valence-electron chi connectivity index (χ1n) is 19.2. The molecule has 326 valence electrons. The van der Waals surface area contributed by atoms with Crippen molar-refractivity contribution >= 4 is 95.3 Å². The zero-order valence-corrected chi connectivity index (χ0v) is 36.1. The van der Waals surface area contributed by atoms with Gasteiger partial charge in [0, 0.05) is 38.0 Å². The summed E-state index contributed by atoms with van der Waals surface area (Å²) >= 11 is 0. The van der Waals surface area contributed by atoms with E-state index < -0.39 is 70.4 Å². The van der Waals surface area contributed by atoms with Gasteiger partial charge in [0.25, 0.3) is 43.3 Å². The van der Waals surface area contributed by atoms with E-state index in [2.05, 4.69) is 17.2 Å². The first-order chi connectivity index (χ1) is 30.5. The number of carbonyl (C=O) groups is 4. The highest BCUT2D eigenvalue weighted by atomic mass is 32.2. The Morgan fingerprint density at radius 3 is 2.12 bits per heavy atom. The molecule has 0 aliphatic rings. The maximum absolute atomic E-state index is 15.0. The number of amides is 4. The molecule has 6 aromatic rings. The zero-order valence-electron chi connectivity index (χ0n) is 34.5. The van der Waals surface area contributed by atoms with Crippen molar-refractivity contribution in [1.29, 1.82) is 0 Å². The van der Waals surface area contributed by atoms with Crippen LogP contribution < -0.4 is 30.5 Å². The van der Waals surface area contributed by atoms with Gasteiger partial charge in [-0.3, -0.25) is 28.5 Å². The van der Waals surface area contributed by atoms with Crippen LogP contribution in [0, 0.1) is 0 Å². The number of anilines is 3. The molecule has 1 aromatic heterocycles. The molecule has 0 spiro atoms. The van der Waals surface area contributed by atoms with Crippen molar-refractivity contribution in [2.24, 2.45) is 4.99 Å². The van der Waals surface area contributed by atoms with Crippen molar-refractivity contribution in [3.05, 3.63) is 161 Å². The molecule has 0 bridgehead atoms. The van der Waals surface area contributed by atoms with Crippen LogP contribution >= 0.6 is 0 Å². The fourth-order valence-electron chi connectivity index (χ4n) is 5.98. The van der Waals surface area contributed by atoms with E-state index in [1.165, 1.54) is 31.3 Å². The fourth-order valence-corrected chi connectivity index (χ4v) is 8.17. The fraction of sp³-hybridized carbons (Fsp3) is 0.0889. The van der Waals surface area contributed by atoms with Gasteiger partial charge < -0.3 is 15.5 Å². The van der Waals surface area contributed by atoms with Gasteiger partial charge in [-0.15, -0.1) is 0 Å². The Labute approximate surface area is 368 Å². The van der Waals surface area contributed by atoms with Gasteiger partial charge in [-0.25, -0.2) is 36.3 Å². The number of aromatic nitrogens is 2. The number of rotatable bonds is 15. The van der Waals surface area contributed by atoms with Crippen molar-refractivity contribution in [3.63, 3.8) is 0 Å². The van der Waals surface area contributed by atoms with Gasteiger partial charge >= 0.3 is 0 Å². The second kappa shape index (κ2) is 19.3. The molecule has 0 radical (unpaired) electrons. The number of sulfonamides is 2. The van der Waals surface area contributed by atoms with Crippen LogP contribution in [0.2, 0.25) is 0 Å². The Bertz CT molecular complexity index is 3170. The summed E-state index contributed by atoms with van der Waals surface area (Å²) in [6.45, 7) is 4.65. The van der Waals surface area contributed by atoms with E-state index >= 15 is 4.79 Å². The normalized spacial score (nSPS) is 11.8. The summed E-state index contributed by atoms with van der Waals surface area (Å²) in [4.78, 5) is 77.2. The molecule has 0 aliphatic heterocycles. The van der Waals surface area contributed by atoms with Crippen molar-refractivity contribution in [3.8, 4) is 0 Å². The summed E-state index contributed by atoms with van der Waals surface area (Å²) < 4.78 is 58.6. The van der Waals surface area contributed by atoms with Crippen LogP contribution in [0.5, 0.6) is 0 Å². The van der Waals surface area contributed by atoms with E-state index in [0.29, 0.717) is 22.9 Å². The lowest BCUT2D eigenvalue weighted by Crippen LogP contribution is -2.34. The van der Waals surface area contributed by atoms with Crippen LogP contribution in [0.25, 0.3) is 23.2 Å². The number of benzene rings is 5. The minimum atomic E-state index is -4.82. The summed E-state index contributed by atoms with van der Waals surface area (Å²) in [5, 5.41) is 5.41. The Morgan fingerprint density at radius 1 is 0.781 bits per heavy atom. The van der Waals surface area contributed by atoms with Crippen molar-refractivity contribution in [2.45, 2.75) is 23.1 Å². The third kappa shape index (κ3) is 10.5. The van der Waals surface area contributed by atoms with E-state index in [1.54, 1.807) is 115 Å². The SMILES string of the molecule is C=CC(=O)NS(=O)(=O)c1ccc(S(=O)(=O)NC(=O)CC)c(NC(=O)C(=Nc2ccc(N(C)C)cc2NC(=O)c2ccccc2)c2nc3ccccc3c(=O)n2/C=C/c2ccccc2)c1. The molecule has 4 amide bonds. The van der Waals surface area contributed by atoms with Crippen LogP contribution in [0.1, 0.15) is 35.1 Å². The number of hydrogen-bond donors (Lipinski definition) is 4. The topological polar surface area (TPSA) is 235 Å². The number of hydrogen-bond acceptors (Lipinski definition) is 12. The van der Waals surface area contributed by atoms with Gasteiger partial charge in [0.15, 0.2) is 11.5 Å². The van der Waals surface area contributed by atoms with Gasteiger partial charge in [-0.2, -0.15) is 0 Å². The standard InChI is InChI=1S/C45H40N8O9S2/c1-5-39(54)50-63(59,60)32-22-24-38(64(61,62)51-40(55)6-2)37(28-32)49-44(57)41(46-35-23-21-31(52(3)4)27-36(35)48-43(56)30-17-11-8-12-18-30)42-47-34-20-14-13-19-33(34)45(58)53(42)26-25-29-15-9-7-10-16-29/h5,7-28H,1,6H2,2-4H3,(H,48,56)(H,49,57)(H,50,54)(H,51,55)/b26-25+,46-41?. The molecule has 0 fully saturated rings. The second-order valence-electron chi connectivity index (χ2n) is 13.9. The van der Waals surface area contributed by atoms with Crippen molar-refractivity contribution < 1.29 is 36.0 Å². The third-order valence-electron chi connectivity index (χ3n) is 9.25. The monoisotopic (exact) mass is 900 g/mol. The van der Waals surface area contributed by atoms with Gasteiger partial charge in [-0.05, 0) is 78.4 Å². The molecule has 0 atom stereocenters. The van der Waals surface area contributed by atoms with E-state index in [-0.39, 0.29) is 34.5 Å². The molecule has 4 N–H and O–H groups in total. The molecule has 0 aliphatic carbocycles. The van der Waals surface area contributed by atoms with E-state index in [9.17, 15) is 36.0 Å². The van der Waals surface area contributed by atoms with Crippen LogP contribution in [-0.4, -0.2) is 69.8 Å². The summed E-state index contributed by atoms with van der Waals surface area (Å²) in [6.07, 6.45) is 3.40. The maximum Gasteiger partial charge on any atom is 0.278 e. The predicted octanol–water partition coefficient (Wildman–Crippen LogP) is 5.31.